The van der Waals surface area contributed by atoms with E-state index in [-0.39, 0.29) is 6.10 Å². The van der Waals surface area contributed by atoms with Crippen molar-refractivity contribution in [3.63, 3.8) is 0 Å². The van der Waals surface area contributed by atoms with Crippen LogP contribution >= 0.6 is 15.9 Å². The van der Waals surface area contributed by atoms with Gasteiger partial charge in [-0.15, -0.1) is 0 Å². The van der Waals surface area contributed by atoms with Crippen LogP contribution in [0.2, 0.25) is 0 Å². The van der Waals surface area contributed by atoms with Crippen LogP contribution in [0.25, 0.3) is 10.9 Å². The molecule has 1 N–H and O–H groups in total. The van der Waals surface area contributed by atoms with E-state index in [1.165, 1.54) is 0 Å². The van der Waals surface area contributed by atoms with Gasteiger partial charge in [-0.05, 0) is 46.5 Å². The second kappa shape index (κ2) is 9.32. The van der Waals surface area contributed by atoms with Gasteiger partial charge < -0.3 is 24.4 Å². The number of rotatable bonds is 6. The number of hydrogen-bond donors (Lipinski definition) is 1. The molecule has 4 heterocycles. The van der Waals surface area contributed by atoms with Crippen LogP contribution in [-0.4, -0.2) is 54.5 Å². The summed E-state index contributed by atoms with van der Waals surface area (Å²) in [4.78, 5) is 12.3. The molecule has 2 bridgehead atoms. The molecule has 0 amide bonds. The average Bonchev–Trinajstić information content (AvgIpc) is 3.50. The third kappa shape index (κ3) is 4.23. The molecule has 0 saturated carbocycles. The average molecular weight is 525 g/mol. The number of nitrogens with one attached hydrogen (secondary N) is 1. The van der Waals surface area contributed by atoms with Crippen molar-refractivity contribution in [1.29, 1.82) is 0 Å². The Morgan fingerprint density at radius 1 is 1.18 bits per heavy atom. The van der Waals surface area contributed by atoms with E-state index in [0.29, 0.717) is 37.9 Å². The lowest BCUT2D eigenvalue weighted by molar-refractivity contribution is 0.0219. The lowest BCUT2D eigenvalue weighted by atomic mass is 10.1. The van der Waals surface area contributed by atoms with Crippen LogP contribution in [0.1, 0.15) is 30.4 Å². The molecule has 2 atom stereocenters. The summed E-state index contributed by atoms with van der Waals surface area (Å²) in [6.45, 7) is 5.91. The number of piperazine rings is 1. The van der Waals surface area contributed by atoms with Gasteiger partial charge in [-0.3, -0.25) is 0 Å². The number of nitrogens with zero attached hydrogens (tertiary/aromatic N) is 3. The summed E-state index contributed by atoms with van der Waals surface area (Å²) in [6.07, 6.45) is 2.92. The highest BCUT2D eigenvalue weighted by molar-refractivity contribution is 9.10. The van der Waals surface area contributed by atoms with E-state index in [9.17, 15) is 0 Å². The number of ether oxygens (including phenoxy) is 3. The molecule has 3 aromatic rings. The molecule has 178 valence electrons. The van der Waals surface area contributed by atoms with Gasteiger partial charge in [0, 0.05) is 43.4 Å². The Balaban J connectivity index is 1.44. The molecule has 3 fully saturated rings. The monoisotopic (exact) mass is 524 g/mol. The van der Waals surface area contributed by atoms with Gasteiger partial charge in [0.2, 0.25) is 0 Å². The fourth-order valence-electron chi connectivity index (χ4n) is 5.20. The summed E-state index contributed by atoms with van der Waals surface area (Å²) in [5, 5.41) is 4.60. The Morgan fingerprint density at radius 3 is 2.74 bits per heavy atom. The molecule has 0 aliphatic carbocycles. The molecule has 3 aliphatic rings. The van der Waals surface area contributed by atoms with Gasteiger partial charge >= 0.3 is 6.01 Å². The second-order valence-electron chi connectivity index (χ2n) is 9.41. The zero-order chi connectivity index (χ0) is 23.1. The number of aryl methyl sites for hydroxylation is 1. The topological polar surface area (TPSA) is 68.7 Å². The van der Waals surface area contributed by atoms with Crippen LogP contribution in [0.3, 0.4) is 0 Å². The SMILES string of the molecule is Cc1cc2c(N3CC4CC3CN4)nc(OC3CCOCC3)nc2c(OCc2ccccc2)c1Br. The van der Waals surface area contributed by atoms with Crippen LogP contribution in [0.4, 0.5) is 5.82 Å². The molecule has 2 unspecified atom stereocenters. The Labute approximate surface area is 207 Å². The van der Waals surface area contributed by atoms with Crippen LogP contribution in [-0.2, 0) is 11.3 Å². The van der Waals surface area contributed by atoms with Crippen molar-refractivity contribution in [2.24, 2.45) is 0 Å². The minimum atomic E-state index is 0.0679. The lowest BCUT2D eigenvalue weighted by Crippen LogP contribution is -2.44. The summed E-state index contributed by atoms with van der Waals surface area (Å²) in [7, 11) is 0. The Hall–Kier alpha value is -2.42. The second-order valence-corrected chi connectivity index (χ2v) is 10.2. The first-order valence-corrected chi connectivity index (χ1v) is 12.9. The van der Waals surface area contributed by atoms with E-state index in [4.69, 9.17) is 24.2 Å². The van der Waals surface area contributed by atoms with Crippen LogP contribution in [0.5, 0.6) is 11.8 Å². The first kappa shape index (κ1) is 22.1. The van der Waals surface area contributed by atoms with E-state index >= 15 is 0 Å². The molecule has 0 radical (unpaired) electrons. The maximum atomic E-state index is 6.40. The van der Waals surface area contributed by atoms with Crippen LogP contribution in [0, 0.1) is 6.92 Å². The van der Waals surface area contributed by atoms with E-state index in [1.54, 1.807) is 0 Å². The van der Waals surface area contributed by atoms with Crippen molar-refractivity contribution in [3.05, 3.63) is 52.0 Å². The molecule has 7 nitrogen and oxygen atoms in total. The fourth-order valence-corrected chi connectivity index (χ4v) is 5.62. The smallest absolute Gasteiger partial charge is 0.319 e. The zero-order valence-electron chi connectivity index (χ0n) is 19.3. The highest BCUT2D eigenvalue weighted by atomic mass is 79.9. The van der Waals surface area contributed by atoms with Gasteiger partial charge in [0.05, 0.1) is 17.7 Å². The number of hydrogen-bond acceptors (Lipinski definition) is 7. The first-order valence-electron chi connectivity index (χ1n) is 12.1. The minimum absolute atomic E-state index is 0.0679. The molecular weight excluding hydrogens is 496 g/mol. The van der Waals surface area contributed by atoms with Gasteiger partial charge in [-0.2, -0.15) is 9.97 Å². The summed E-state index contributed by atoms with van der Waals surface area (Å²) in [6, 6.07) is 13.8. The summed E-state index contributed by atoms with van der Waals surface area (Å²) in [5.41, 5.74) is 3.00. The predicted octanol–water partition coefficient (Wildman–Crippen LogP) is 4.39. The summed E-state index contributed by atoms with van der Waals surface area (Å²) < 4.78 is 19.1. The first-order chi connectivity index (χ1) is 16.7. The molecule has 3 aliphatic heterocycles. The zero-order valence-corrected chi connectivity index (χ0v) is 20.9. The number of benzene rings is 2. The van der Waals surface area contributed by atoms with E-state index in [0.717, 1.165) is 70.4 Å². The van der Waals surface area contributed by atoms with E-state index in [2.05, 4.69) is 51.3 Å². The predicted molar refractivity (Wildman–Crippen MR) is 135 cm³/mol. The summed E-state index contributed by atoms with van der Waals surface area (Å²) >= 11 is 3.77. The standard InChI is InChI=1S/C26H29BrN4O3/c1-16-11-21-23(24(22(16)27)33-15-17-5-3-2-4-6-17)29-26(34-20-7-9-32-10-8-20)30-25(21)31-14-18-12-19(31)13-28-18/h2-6,11,18-20,28H,7-10,12-15H2,1H3. The Kier molecular flexibility index (Phi) is 6.05. The molecule has 1 aromatic heterocycles. The van der Waals surface area contributed by atoms with Gasteiger partial charge in [-0.1, -0.05) is 30.3 Å². The highest BCUT2D eigenvalue weighted by Gasteiger charge is 2.39. The maximum absolute atomic E-state index is 6.40. The van der Waals surface area contributed by atoms with Gasteiger partial charge in [0.25, 0.3) is 0 Å². The third-order valence-electron chi connectivity index (χ3n) is 7.02. The van der Waals surface area contributed by atoms with Crippen LogP contribution < -0.4 is 19.7 Å². The maximum Gasteiger partial charge on any atom is 0.319 e. The van der Waals surface area contributed by atoms with Gasteiger partial charge in [0.15, 0.2) is 5.75 Å². The van der Waals surface area contributed by atoms with Crippen molar-refractivity contribution < 1.29 is 14.2 Å². The summed E-state index contributed by atoms with van der Waals surface area (Å²) in [5.74, 6) is 1.68. The van der Waals surface area contributed by atoms with Crippen LogP contribution in [0.15, 0.2) is 40.9 Å². The van der Waals surface area contributed by atoms with E-state index in [1.807, 2.05) is 18.2 Å². The fraction of sp³-hybridized carbons (Fsp3) is 0.462. The van der Waals surface area contributed by atoms with Crippen molar-refractivity contribution in [1.82, 2.24) is 15.3 Å². The molecule has 34 heavy (non-hydrogen) atoms. The number of aromatic nitrogens is 2. The molecular formula is C26H29BrN4O3. The van der Waals surface area contributed by atoms with Crippen molar-refractivity contribution in [2.45, 2.75) is 51.0 Å². The Bertz CT molecular complexity index is 1190. The molecule has 0 spiro atoms. The van der Waals surface area contributed by atoms with Gasteiger partial charge in [-0.25, -0.2) is 0 Å². The molecule has 6 rings (SSSR count). The number of fused-ring (bicyclic) bond motifs is 3. The van der Waals surface area contributed by atoms with Crippen molar-refractivity contribution in [2.75, 3.05) is 31.2 Å². The van der Waals surface area contributed by atoms with Crippen molar-refractivity contribution >= 4 is 32.7 Å². The third-order valence-corrected chi connectivity index (χ3v) is 8.01. The normalized spacial score (nSPS) is 22.5. The molecule has 8 heteroatoms. The Morgan fingerprint density at radius 2 is 2.00 bits per heavy atom. The molecule has 2 aromatic carbocycles. The highest BCUT2D eigenvalue weighted by Crippen LogP contribution is 2.42. The molecule has 3 saturated heterocycles. The number of anilines is 1. The lowest BCUT2D eigenvalue weighted by Gasteiger charge is -2.30. The minimum Gasteiger partial charge on any atom is -0.485 e. The van der Waals surface area contributed by atoms with Crippen molar-refractivity contribution in [3.8, 4) is 11.8 Å². The van der Waals surface area contributed by atoms with Gasteiger partial charge in [0.1, 0.15) is 24.0 Å². The largest absolute Gasteiger partial charge is 0.485 e. The number of halogens is 1. The quantitative estimate of drug-likeness (QED) is 0.512. The van der Waals surface area contributed by atoms with E-state index < -0.39 is 0 Å².